The third-order valence-electron chi connectivity index (χ3n) is 6.24. The van der Waals surface area contributed by atoms with Crippen LogP contribution in [-0.2, 0) is 9.59 Å². The van der Waals surface area contributed by atoms with Crippen LogP contribution in [0.5, 0.6) is 11.5 Å². The largest absolute Gasteiger partial charge is 0.507 e. The average molecular weight is 515 g/mol. The van der Waals surface area contributed by atoms with Crippen LogP contribution >= 0.6 is 0 Å². The standard InChI is InChI=1S/C31H34N2O5/c1-6-18-37-26-9-7-8-22(19-26)29(34)27-28(21-10-12-23(13-11-21)32(4)5)33(31(36)30(27)35)24-14-16-25(17-15-24)38-20(2)3/h7-17,19-20,28,34H,6,18H2,1-5H3/b29-27-. The first-order chi connectivity index (χ1) is 18.2. The smallest absolute Gasteiger partial charge is 0.300 e. The molecule has 1 N–H and O–H groups in total. The maximum absolute atomic E-state index is 13.5. The third-order valence-corrected chi connectivity index (χ3v) is 6.24. The Labute approximate surface area is 223 Å². The highest BCUT2D eigenvalue weighted by Gasteiger charge is 2.47. The van der Waals surface area contributed by atoms with Crippen molar-refractivity contribution in [2.75, 3.05) is 30.5 Å². The normalized spacial score (nSPS) is 16.7. The van der Waals surface area contributed by atoms with Gasteiger partial charge in [0, 0.05) is 31.0 Å². The lowest BCUT2D eigenvalue weighted by Gasteiger charge is -2.26. The van der Waals surface area contributed by atoms with Crippen molar-refractivity contribution < 1.29 is 24.2 Å². The summed E-state index contributed by atoms with van der Waals surface area (Å²) in [7, 11) is 3.88. The topological polar surface area (TPSA) is 79.3 Å². The second-order valence-corrected chi connectivity index (χ2v) is 9.69. The summed E-state index contributed by atoms with van der Waals surface area (Å²) in [4.78, 5) is 30.3. The lowest BCUT2D eigenvalue weighted by Crippen LogP contribution is -2.29. The number of aliphatic hydroxyl groups excluding tert-OH is 1. The molecule has 1 amide bonds. The molecular weight excluding hydrogens is 480 g/mol. The maximum atomic E-state index is 13.5. The Morgan fingerprint density at radius 1 is 0.974 bits per heavy atom. The van der Waals surface area contributed by atoms with Gasteiger partial charge in [0.25, 0.3) is 11.7 Å². The van der Waals surface area contributed by atoms with Crippen molar-refractivity contribution in [2.45, 2.75) is 39.3 Å². The Balaban J connectivity index is 1.84. The number of hydrogen-bond acceptors (Lipinski definition) is 6. The molecule has 1 aliphatic rings. The number of carbonyl (C=O) groups excluding carboxylic acids is 2. The average Bonchev–Trinajstić information content (AvgIpc) is 3.17. The zero-order valence-corrected chi connectivity index (χ0v) is 22.5. The van der Waals surface area contributed by atoms with Crippen LogP contribution in [0.3, 0.4) is 0 Å². The summed E-state index contributed by atoms with van der Waals surface area (Å²) in [6, 6.07) is 20.8. The summed E-state index contributed by atoms with van der Waals surface area (Å²) in [6.07, 6.45) is 0.841. The summed E-state index contributed by atoms with van der Waals surface area (Å²) >= 11 is 0. The second kappa shape index (κ2) is 11.4. The molecule has 1 saturated heterocycles. The molecule has 1 fully saturated rings. The first-order valence-electron chi connectivity index (χ1n) is 12.8. The van der Waals surface area contributed by atoms with Crippen molar-refractivity contribution in [1.29, 1.82) is 0 Å². The molecule has 4 rings (SSSR count). The van der Waals surface area contributed by atoms with Crippen molar-refractivity contribution in [1.82, 2.24) is 0 Å². The van der Waals surface area contributed by atoms with Crippen molar-refractivity contribution >= 4 is 28.8 Å². The van der Waals surface area contributed by atoms with E-state index < -0.39 is 17.7 Å². The quantitative estimate of drug-likeness (QED) is 0.216. The molecule has 3 aromatic rings. The maximum Gasteiger partial charge on any atom is 0.300 e. The van der Waals surface area contributed by atoms with Gasteiger partial charge >= 0.3 is 0 Å². The molecule has 0 saturated carbocycles. The van der Waals surface area contributed by atoms with Gasteiger partial charge in [-0.1, -0.05) is 31.2 Å². The molecular formula is C31H34N2O5. The molecule has 1 heterocycles. The molecule has 1 atom stereocenters. The molecule has 38 heavy (non-hydrogen) atoms. The summed E-state index contributed by atoms with van der Waals surface area (Å²) in [5, 5.41) is 11.4. The number of carbonyl (C=O) groups is 2. The first kappa shape index (κ1) is 26.8. The number of ether oxygens (including phenoxy) is 2. The highest BCUT2D eigenvalue weighted by Crippen LogP contribution is 2.43. The highest BCUT2D eigenvalue weighted by atomic mass is 16.5. The van der Waals surface area contributed by atoms with Gasteiger partial charge in [0.05, 0.1) is 24.3 Å². The molecule has 0 bridgehead atoms. The lowest BCUT2D eigenvalue weighted by molar-refractivity contribution is -0.132. The molecule has 7 heteroatoms. The number of amides is 1. The van der Waals surface area contributed by atoms with Gasteiger partial charge in [-0.05, 0) is 74.4 Å². The summed E-state index contributed by atoms with van der Waals surface area (Å²) < 4.78 is 11.5. The number of Topliss-reactive ketones (excluding diaryl/α,β-unsaturated/α-hetero) is 1. The van der Waals surface area contributed by atoms with Gasteiger partial charge in [-0.15, -0.1) is 0 Å². The Morgan fingerprint density at radius 3 is 2.26 bits per heavy atom. The predicted octanol–water partition coefficient (Wildman–Crippen LogP) is 5.95. The molecule has 0 spiro atoms. The van der Waals surface area contributed by atoms with Crippen LogP contribution in [0.1, 0.15) is 44.4 Å². The fourth-order valence-electron chi connectivity index (χ4n) is 4.44. The minimum Gasteiger partial charge on any atom is -0.507 e. The highest BCUT2D eigenvalue weighted by molar-refractivity contribution is 6.51. The van der Waals surface area contributed by atoms with E-state index in [1.165, 1.54) is 4.90 Å². The lowest BCUT2D eigenvalue weighted by atomic mass is 9.95. The monoisotopic (exact) mass is 514 g/mol. The van der Waals surface area contributed by atoms with Gasteiger partial charge in [-0.25, -0.2) is 0 Å². The van der Waals surface area contributed by atoms with E-state index in [-0.39, 0.29) is 17.4 Å². The Hall–Kier alpha value is -4.26. The Kier molecular flexibility index (Phi) is 8.05. The van der Waals surface area contributed by atoms with Crippen LogP contribution < -0.4 is 19.3 Å². The number of aliphatic hydroxyl groups is 1. The number of ketones is 1. The van der Waals surface area contributed by atoms with Gasteiger partial charge in [-0.2, -0.15) is 0 Å². The molecule has 7 nitrogen and oxygen atoms in total. The van der Waals surface area contributed by atoms with Crippen LogP contribution in [0.25, 0.3) is 5.76 Å². The van der Waals surface area contributed by atoms with E-state index in [0.29, 0.717) is 34.9 Å². The molecule has 0 aliphatic carbocycles. The van der Waals surface area contributed by atoms with E-state index in [1.807, 2.05) is 64.0 Å². The number of anilines is 2. The molecule has 3 aromatic carbocycles. The Bertz CT molecular complexity index is 1330. The zero-order valence-electron chi connectivity index (χ0n) is 22.5. The van der Waals surface area contributed by atoms with Crippen LogP contribution in [0, 0.1) is 0 Å². The van der Waals surface area contributed by atoms with E-state index >= 15 is 0 Å². The predicted molar refractivity (Wildman–Crippen MR) is 150 cm³/mol. The van der Waals surface area contributed by atoms with E-state index in [0.717, 1.165) is 12.1 Å². The van der Waals surface area contributed by atoms with Gasteiger partial charge in [-0.3, -0.25) is 14.5 Å². The second-order valence-electron chi connectivity index (χ2n) is 9.69. The summed E-state index contributed by atoms with van der Waals surface area (Å²) in [6.45, 7) is 6.41. The fourth-order valence-corrected chi connectivity index (χ4v) is 4.44. The fraction of sp³-hybridized carbons (Fsp3) is 0.290. The van der Waals surface area contributed by atoms with Gasteiger partial charge < -0.3 is 19.5 Å². The number of benzene rings is 3. The zero-order chi connectivity index (χ0) is 27.4. The first-order valence-corrected chi connectivity index (χ1v) is 12.8. The minimum atomic E-state index is -0.816. The van der Waals surface area contributed by atoms with E-state index in [9.17, 15) is 14.7 Å². The summed E-state index contributed by atoms with van der Waals surface area (Å²) in [5.41, 5.74) is 2.65. The van der Waals surface area contributed by atoms with Crippen molar-refractivity contribution in [3.05, 3.63) is 89.5 Å². The SMILES string of the molecule is CCCOc1cccc(/C(O)=C2/C(=O)C(=O)N(c3ccc(OC(C)C)cc3)C2c2ccc(N(C)C)cc2)c1. The van der Waals surface area contributed by atoms with E-state index in [2.05, 4.69) is 0 Å². The summed E-state index contributed by atoms with van der Waals surface area (Å²) in [5.74, 6) is -0.446. The minimum absolute atomic E-state index is 0.00218. The van der Waals surface area contributed by atoms with E-state index in [4.69, 9.17) is 9.47 Å². The molecule has 198 valence electrons. The van der Waals surface area contributed by atoms with Crippen LogP contribution in [-0.4, -0.2) is 43.6 Å². The van der Waals surface area contributed by atoms with Crippen LogP contribution in [0.15, 0.2) is 78.4 Å². The van der Waals surface area contributed by atoms with Crippen LogP contribution in [0.4, 0.5) is 11.4 Å². The number of rotatable bonds is 9. The number of nitrogens with zero attached hydrogens (tertiary/aromatic N) is 2. The molecule has 1 aliphatic heterocycles. The van der Waals surface area contributed by atoms with E-state index in [1.54, 1.807) is 48.5 Å². The van der Waals surface area contributed by atoms with Crippen molar-refractivity contribution in [2.24, 2.45) is 0 Å². The van der Waals surface area contributed by atoms with Gasteiger partial charge in [0.1, 0.15) is 17.3 Å². The van der Waals surface area contributed by atoms with Gasteiger partial charge in [0.2, 0.25) is 0 Å². The van der Waals surface area contributed by atoms with Crippen LogP contribution in [0.2, 0.25) is 0 Å². The molecule has 0 radical (unpaired) electrons. The van der Waals surface area contributed by atoms with Gasteiger partial charge in [0.15, 0.2) is 0 Å². The molecule has 0 aromatic heterocycles. The van der Waals surface area contributed by atoms with Crippen molar-refractivity contribution in [3.63, 3.8) is 0 Å². The Morgan fingerprint density at radius 2 is 1.66 bits per heavy atom. The number of hydrogen-bond donors (Lipinski definition) is 1. The third kappa shape index (κ3) is 5.52. The molecule has 1 unspecified atom stereocenters. The van der Waals surface area contributed by atoms with Crippen molar-refractivity contribution in [3.8, 4) is 11.5 Å².